The molecule has 16 heteroatoms. The van der Waals surface area contributed by atoms with Crippen molar-refractivity contribution in [1.82, 2.24) is 40.0 Å². The Kier molecular flexibility index (Phi) is 7.53. The molecule has 1 N–H and O–H groups in total. The van der Waals surface area contributed by atoms with Crippen LogP contribution in [0.2, 0.25) is 0 Å². The van der Waals surface area contributed by atoms with Gasteiger partial charge < -0.3 is 9.32 Å². The Morgan fingerprint density at radius 2 is 1.79 bits per heavy atom. The molecule has 43 heavy (non-hydrogen) atoms. The zero-order valence-corrected chi connectivity index (χ0v) is 23.5. The van der Waals surface area contributed by atoms with Gasteiger partial charge in [0.15, 0.2) is 11.4 Å². The van der Waals surface area contributed by atoms with Gasteiger partial charge in [-0.25, -0.2) is 13.4 Å². The maximum atomic E-state index is 13.4. The number of amides is 1. The van der Waals surface area contributed by atoms with Crippen molar-refractivity contribution in [2.45, 2.75) is 12.6 Å². The summed E-state index contributed by atoms with van der Waals surface area (Å²) in [6.07, 6.45) is 2.55. The number of hydrogen-bond donors (Lipinski definition) is 1. The normalized spacial score (nSPS) is 15.2. The van der Waals surface area contributed by atoms with Crippen LogP contribution in [-0.2, 0) is 10.0 Å². The second-order valence-corrected chi connectivity index (χ2v) is 11.6. The Labute approximate surface area is 244 Å². The maximum Gasteiger partial charge on any atom is 0.350 e. The van der Waals surface area contributed by atoms with Crippen LogP contribution in [0.25, 0.3) is 22.6 Å². The quantitative estimate of drug-likeness (QED) is 0.278. The number of halogens is 2. The minimum absolute atomic E-state index is 0.151. The van der Waals surface area contributed by atoms with E-state index in [0.29, 0.717) is 48.5 Å². The molecule has 1 fully saturated rings. The minimum atomic E-state index is -3.46. The summed E-state index contributed by atoms with van der Waals surface area (Å²) >= 11 is 0. The molecule has 0 radical (unpaired) electrons. The number of piperazine rings is 1. The van der Waals surface area contributed by atoms with E-state index in [4.69, 9.17) is 4.42 Å². The summed E-state index contributed by atoms with van der Waals surface area (Å²) in [5, 5.41) is 11.3. The highest BCUT2D eigenvalue weighted by molar-refractivity contribution is 7.92. The first-order valence-corrected chi connectivity index (χ1v) is 15.0. The number of oxazole rings is 1. The fourth-order valence-corrected chi connectivity index (χ4v) is 5.50. The molecule has 2 aromatic carbocycles. The summed E-state index contributed by atoms with van der Waals surface area (Å²) in [7, 11) is -3.46. The number of tetrazole rings is 1. The number of carbonyl (C=O) groups is 1. The van der Waals surface area contributed by atoms with Gasteiger partial charge >= 0.3 is 6.55 Å². The zero-order chi connectivity index (χ0) is 30.1. The smallest absolute Gasteiger partial charge is 0.350 e. The molecular weight excluding hydrogens is 584 g/mol. The molecule has 0 bridgehead atoms. The predicted molar refractivity (Wildman–Crippen MR) is 151 cm³/mol. The van der Waals surface area contributed by atoms with Gasteiger partial charge in [0, 0.05) is 37.9 Å². The first-order valence-electron chi connectivity index (χ1n) is 13.2. The molecule has 1 unspecified atom stereocenters. The van der Waals surface area contributed by atoms with Crippen molar-refractivity contribution in [2.24, 2.45) is 0 Å². The van der Waals surface area contributed by atoms with Gasteiger partial charge in [0.25, 0.3) is 5.91 Å². The van der Waals surface area contributed by atoms with Crippen molar-refractivity contribution >= 4 is 32.7 Å². The highest BCUT2D eigenvalue weighted by Gasteiger charge is 2.32. The number of alkyl halides is 2. The molecule has 222 valence electrons. The van der Waals surface area contributed by atoms with Gasteiger partial charge in [-0.15, -0.1) is 10.2 Å². The Hall–Kier alpha value is -4.83. The number of nitrogens with one attached hydrogen (secondary N) is 1. The number of benzene rings is 2. The molecule has 5 aromatic rings. The molecule has 1 atom stereocenters. The molecule has 1 aliphatic rings. The van der Waals surface area contributed by atoms with E-state index >= 15 is 0 Å². The standard InChI is InChI=1S/C27H25F2N9O4S/c1-43(40,41)34-19-7-8-22-20(16-19)31-25(42-22)18-9-10-30-21(15-18)26(39)37-13-11-36(12-14-37)23(17-5-3-2-4-6-17)24-32-35-38(33-24)27(28)29/h2-10,15-16,23,27,34H,11-14H2,1H3. The lowest BCUT2D eigenvalue weighted by Gasteiger charge is -2.38. The van der Waals surface area contributed by atoms with Crippen molar-refractivity contribution < 1.29 is 26.4 Å². The van der Waals surface area contributed by atoms with E-state index in [0.717, 1.165) is 11.8 Å². The van der Waals surface area contributed by atoms with Gasteiger partial charge in [-0.1, -0.05) is 35.1 Å². The third-order valence-corrected chi connectivity index (χ3v) is 7.47. The first kappa shape index (κ1) is 28.3. The largest absolute Gasteiger partial charge is 0.436 e. The molecule has 6 rings (SSSR count). The molecule has 3 aromatic heterocycles. The highest BCUT2D eigenvalue weighted by Crippen LogP contribution is 2.29. The number of sulfonamides is 1. The van der Waals surface area contributed by atoms with Crippen molar-refractivity contribution in [2.75, 3.05) is 37.2 Å². The fourth-order valence-electron chi connectivity index (χ4n) is 4.94. The van der Waals surface area contributed by atoms with Crippen molar-refractivity contribution in [3.05, 3.63) is 83.9 Å². The zero-order valence-electron chi connectivity index (χ0n) is 22.7. The van der Waals surface area contributed by atoms with Gasteiger partial charge in [-0.3, -0.25) is 19.4 Å². The van der Waals surface area contributed by atoms with Crippen LogP contribution in [0.3, 0.4) is 0 Å². The number of aromatic nitrogens is 6. The molecule has 1 amide bonds. The third-order valence-electron chi connectivity index (χ3n) is 6.86. The molecule has 4 heterocycles. The maximum absolute atomic E-state index is 13.4. The molecule has 1 saturated heterocycles. The van der Waals surface area contributed by atoms with Gasteiger partial charge in [-0.05, 0) is 41.1 Å². The van der Waals surface area contributed by atoms with Crippen molar-refractivity contribution in [3.8, 4) is 11.5 Å². The second kappa shape index (κ2) is 11.4. The van der Waals surface area contributed by atoms with E-state index in [1.165, 1.54) is 6.20 Å². The third kappa shape index (κ3) is 6.19. The highest BCUT2D eigenvalue weighted by atomic mass is 32.2. The van der Waals surface area contributed by atoms with Gasteiger partial charge in [0.05, 0.1) is 18.0 Å². The number of carbonyl (C=O) groups excluding carboxylic acids is 1. The van der Waals surface area contributed by atoms with E-state index in [9.17, 15) is 22.0 Å². The lowest BCUT2D eigenvalue weighted by atomic mass is 10.0. The number of anilines is 1. The van der Waals surface area contributed by atoms with Crippen LogP contribution in [0.4, 0.5) is 14.5 Å². The van der Waals surface area contributed by atoms with Crippen LogP contribution in [-0.4, -0.2) is 86.7 Å². The molecule has 0 saturated carbocycles. The Morgan fingerprint density at radius 3 is 2.49 bits per heavy atom. The van der Waals surface area contributed by atoms with Crippen LogP contribution in [0.1, 0.15) is 34.5 Å². The summed E-state index contributed by atoms with van der Waals surface area (Å²) in [6.45, 7) is -1.32. The van der Waals surface area contributed by atoms with Gasteiger partial charge in [0.1, 0.15) is 11.2 Å². The molecular formula is C27H25F2N9O4S. The summed E-state index contributed by atoms with van der Waals surface area (Å²) in [5.74, 6) is 0.122. The number of hydrogen-bond acceptors (Lipinski definition) is 10. The topological polar surface area (TPSA) is 152 Å². The SMILES string of the molecule is CS(=O)(=O)Nc1ccc2oc(-c3ccnc(C(=O)N4CCN(C(c5ccccc5)c5nnn(C(F)F)n5)CC4)c3)nc2c1. The summed E-state index contributed by atoms with van der Waals surface area (Å²) in [4.78, 5) is 26.1. The predicted octanol–water partition coefficient (Wildman–Crippen LogP) is 3.19. The molecule has 13 nitrogen and oxygen atoms in total. The Balaban J connectivity index is 1.18. The monoisotopic (exact) mass is 609 g/mol. The van der Waals surface area contributed by atoms with E-state index < -0.39 is 22.6 Å². The Bertz CT molecular complexity index is 1870. The average Bonchev–Trinajstić information content (AvgIpc) is 3.65. The van der Waals surface area contributed by atoms with Crippen LogP contribution in [0.15, 0.2) is 71.3 Å². The van der Waals surface area contributed by atoms with Gasteiger partial charge in [-0.2, -0.15) is 8.78 Å². The minimum Gasteiger partial charge on any atom is -0.436 e. The number of pyridine rings is 1. The van der Waals surface area contributed by atoms with E-state index in [1.54, 1.807) is 35.2 Å². The molecule has 0 aliphatic carbocycles. The van der Waals surface area contributed by atoms with Crippen LogP contribution >= 0.6 is 0 Å². The number of rotatable bonds is 8. The van der Waals surface area contributed by atoms with Crippen molar-refractivity contribution in [1.29, 1.82) is 0 Å². The second-order valence-electron chi connectivity index (χ2n) is 9.89. The summed E-state index contributed by atoms with van der Waals surface area (Å²) < 4.78 is 57.7. The van der Waals surface area contributed by atoms with Crippen molar-refractivity contribution in [3.63, 3.8) is 0 Å². The summed E-state index contributed by atoms with van der Waals surface area (Å²) in [6, 6.07) is 16.8. The lowest BCUT2D eigenvalue weighted by molar-refractivity contribution is 0.0385. The Morgan fingerprint density at radius 1 is 1.02 bits per heavy atom. The van der Waals surface area contributed by atoms with E-state index in [2.05, 4.69) is 30.1 Å². The lowest BCUT2D eigenvalue weighted by Crippen LogP contribution is -2.50. The first-order chi connectivity index (χ1) is 20.6. The number of nitrogens with zero attached hydrogens (tertiary/aromatic N) is 8. The summed E-state index contributed by atoms with van der Waals surface area (Å²) in [5.41, 5.74) is 2.80. The van der Waals surface area contributed by atoms with E-state index in [1.807, 2.05) is 35.2 Å². The average molecular weight is 610 g/mol. The van der Waals surface area contributed by atoms with Gasteiger partial charge in [0.2, 0.25) is 15.9 Å². The van der Waals surface area contributed by atoms with E-state index in [-0.39, 0.29) is 28.1 Å². The van der Waals surface area contributed by atoms with Crippen LogP contribution in [0.5, 0.6) is 0 Å². The molecule has 0 spiro atoms. The van der Waals surface area contributed by atoms with Crippen LogP contribution < -0.4 is 4.72 Å². The van der Waals surface area contributed by atoms with Crippen LogP contribution in [0, 0.1) is 0 Å². The molecule has 1 aliphatic heterocycles. The number of fused-ring (bicyclic) bond motifs is 1. The fraction of sp³-hybridized carbons (Fsp3) is 0.259.